The van der Waals surface area contributed by atoms with Crippen LogP contribution >= 0.6 is 0 Å². The van der Waals surface area contributed by atoms with Gasteiger partial charge in [0.1, 0.15) is 0 Å². The van der Waals surface area contributed by atoms with Gasteiger partial charge in [-0.05, 0) is 41.5 Å². The predicted molar refractivity (Wildman–Crippen MR) is 158 cm³/mol. The van der Waals surface area contributed by atoms with Crippen molar-refractivity contribution in [3.8, 4) is 22.3 Å². The van der Waals surface area contributed by atoms with Gasteiger partial charge in [-0.1, -0.05) is 105 Å². The normalized spacial score (nSPS) is 10.8. The molecular weight excluding hydrogens is 611 g/mol. The third-order valence-corrected chi connectivity index (χ3v) is 7.41. The first-order chi connectivity index (χ1) is 17.3. The second-order valence-electron chi connectivity index (χ2n) is 10.4. The fourth-order valence-electron chi connectivity index (χ4n) is 4.80. The van der Waals surface area contributed by atoms with Crippen molar-refractivity contribution >= 4 is 21.5 Å². The Labute approximate surface area is 240 Å². The molecule has 37 heavy (non-hydrogen) atoms. The van der Waals surface area contributed by atoms with E-state index in [4.69, 9.17) is 0 Å². The van der Waals surface area contributed by atoms with Crippen LogP contribution in [0.1, 0.15) is 33.4 Å². The summed E-state index contributed by atoms with van der Waals surface area (Å²) in [4.78, 5) is 0. The van der Waals surface area contributed by atoms with E-state index in [1.807, 2.05) is 0 Å². The van der Waals surface area contributed by atoms with Crippen LogP contribution < -0.4 is 0 Å². The molecule has 0 bridgehead atoms. The zero-order valence-corrected chi connectivity index (χ0v) is 26.3. The molecule has 6 aromatic carbocycles. The summed E-state index contributed by atoms with van der Waals surface area (Å²) in [6.07, 6.45) is 0. The molecule has 0 aromatic heterocycles. The molecule has 0 N–H and O–H groups in total. The Morgan fingerprint density at radius 1 is 0.405 bits per heavy atom. The zero-order valence-electron chi connectivity index (χ0n) is 22.7. The van der Waals surface area contributed by atoms with Crippen molar-refractivity contribution in [3.05, 3.63) is 130 Å². The number of hydrogen-bond donors (Lipinski definition) is 0. The first-order valence-corrected chi connectivity index (χ1v) is 12.8. The molecule has 0 radical (unpaired) electrons. The molecule has 6 aromatic rings. The average Bonchev–Trinajstić information content (AvgIpc) is 3.45. The number of rotatable bonds is 2. The van der Waals surface area contributed by atoms with Gasteiger partial charge < -0.3 is 0 Å². The van der Waals surface area contributed by atoms with Gasteiger partial charge in [-0.15, -0.1) is 69.1 Å². The van der Waals surface area contributed by atoms with Gasteiger partial charge in [0.15, 0.2) is 0 Å². The standard InChI is InChI=1S/2C18H17.Hf/c2*1-12-4-6-15(7-5-12)18-10-16-8-13(2)14(3)9-17(16)11-18;/h2*4-11H,1-3H3;/q2*-1;. The smallest absolute Gasteiger partial charge is 0 e. The molecule has 0 atom stereocenters. The monoisotopic (exact) mass is 646 g/mol. The second kappa shape index (κ2) is 11.2. The molecular formula is C36H34Hf-2. The second-order valence-corrected chi connectivity index (χ2v) is 10.4. The van der Waals surface area contributed by atoms with Gasteiger partial charge >= 0.3 is 0 Å². The molecule has 0 aliphatic carbocycles. The summed E-state index contributed by atoms with van der Waals surface area (Å²) < 4.78 is 0. The fraction of sp³-hybridized carbons (Fsp3) is 0.167. The van der Waals surface area contributed by atoms with Crippen LogP contribution in [-0.4, -0.2) is 0 Å². The maximum Gasteiger partial charge on any atom is 0 e. The summed E-state index contributed by atoms with van der Waals surface area (Å²) in [7, 11) is 0. The molecule has 0 aliphatic heterocycles. The number of fused-ring (bicyclic) bond motifs is 2. The van der Waals surface area contributed by atoms with Crippen LogP contribution in [0.4, 0.5) is 0 Å². The Hall–Kier alpha value is -3.03. The van der Waals surface area contributed by atoms with Gasteiger partial charge in [0.2, 0.25) is 0 Å². The van der Waals surface area contributed by atoms with Crippen LogP contribution in [0.2, 0.25) is 0 Å². The third-order valence-electron chi connectivity index (χ3n) is 7.41. The van der Waals surface area contributed by atoms with E-state index in [1.54, 1.807) is 0 Å². The van der Waals surface area contributed by atoms with Crippen LogP contribution in [0.3, 0.4) is 0 Å². The van der Waals surface area contributed by atoms with Gasteiger partial charge in [0.05, 0.1) is 0 Å². The number of hydrogen-bond acceptors (Lipinski definition) is 0. The van der Waals surface area contributed by atoms with E-state index in [2.05, 4.69) is 139 Å². The van der Waals surface area contributed by atoms with Crippen molar-refractivity contribution in [3.63, 3.8) is 0 Å². The van der Waals surface area contributed by atoms with Crippen LogP contribution in [0, 0.1) is 41.5 Å². The van der Waals surface area contributed by atoms with Crippen molar-refractivity contribution in [2.45, 2.75) is 41.5 Å². The Morgan fingerprint density at radius 3 is 1.08 bits per heavy atom. The van der Waals surface area contributed by atoms with E-state index in [9.17, 15) is 0 Å². The molecule has 0 unspecified atom stereocenters. The van der Waals surface area contributed by atoms with Gasteiger partial charge in [0.25, 0.3) is 0 Å². The van der Waals surface area contributed by atoms with Crippen molar-refractivity contribution < 1.29 is 25.8 Å². The van der Waals surface area contributed by atoms with Crippen molar-refractivity contribution in [1.29, 1.82) is 0 Å². The summed E-state index contributed by atoms with van der Waals surface area (Å²) in [5.74, 6) is 0. The van der Waals surface area contributed by atoms with E-state index in [1.165, 1.54) is 77.2 Å². The quantitative estimate of drug-likeness (QED) is 0.130. The Kier molecular flexibility index (Phi) is 8.14. The minimum Gasteiger partial charge on any atom is -0.145 e. The Balaban J connectivity index is 0.000000168. The van der Waals surface area contributed by atoms with Gasteiger partial charge in [0, 0.05) is 25.8 Å². The van der Waals surface area contributed by atoms with Gasteiger partial charge in [-0.3, -0.25) is 0 Å². The Bertz CT molecular complexity index is 1450. The Morgan fingerprint density at radius 2 is 0.730 bits per heavy atom. The molecule has 0 spiro atoms. The average molecular weight is 645 g/mol. The molecule has 0 fully saturated rings. The van der Waals surface area contributed by atoms with Crippen LogP contribution in [0.15, 0.2) is 97.1 Å². The SMILES string of the molecule is Cc1ccc(-c2cc3cc(C)c(C)cc3[cH-]2)cc1.Cc1ccc(-c2cc3cc(C)c(C)cc3[cH-]2)cc1.[Hf]. The summed E-state index contributed by atoms with van der Waals surface area (Å²) in [6, 6.07) is 35.7. The first kappa shape index (κ1) is 27.0. The topological polar surface area (TPSA) is 0 Å². The molecule has 0 amide bonds. The van der Waals surface area contributed by atoms with E-state index < -0.39 is 0 Å². The van der Waals surface area contributed by atoms with E-state index in [0.29, 0.717) is 0 Å². The van der Waals surface area contributed by atoms with Gasteiger partial charge in [-0.2, -0.15) is 0 Å². The van der Waals surface area contributed by atoms with Crippen LogP contribution in [0.5, 0.6) is 0 Å². The predicted octanol–water partition coefficient (Wildman–Crippen LogP) is 10.3. The van der Waals surface area contributed by atoms with Crippen LogP contribution in [-0.2, 0) is 25.8 Å². The van der Waals surface area contributed by atoms with Crippen molar-refractivity contribution in [2.24, 2.45) is 0 Å². The van der Waals surface area contributed by atoms with E-state index in [-0.39, 0.29) is 25.8 Å². The van der Waals surface area contributed by atoms with E-state index in [0.717, 1.165) is 0 Å². The van der Waals surface area contributed by atoms with Crippen molar-refractivity contribution in [1.82, 2.24) is 0 Å². The summed E-state index contributed by atoms with van der Waals surface area (Å²) in [5, 5.41) is 5.37. The summed E-state index contributed by atoms with van der Waals surface area (Å²) in [5.41, 5.74) is 13.3. The maximum absolute atomic E-state index is 2.28. The maximum atomic E-state index is 2.28. The summed E-state index contributed by atoms with van der Waals surface area (Å²) >= 11 is 0. The van der Waals surface area contributed by atoms with Crippen LogP contribution in [0.25, 0.3) is 43.8 Å². The molecule has 0 saturated heterocycles. The largest absolute Gasteiger partial charge is 0.145 e. The molecule has 0 saturated carbocycles. The molecule has 1 heteroatoms. The molecule has 0 nitrogen and oxygen atoms in total. The zero-order chi connectivity index (χ0) is 25.4. The third kappa shape index (κ3) is 5.94. The van der Waals surface area contributed by atoms with Crippen molar-refractivity contribution in [2.75, 3.05) is 0 Å². The van der Waals surface area contributed by atoms with Gasteiger partial charge in [-0.25, -0.2) is 0 Å². The number of aryl methyl sites for hydroxylation is 6. The molecule has 6 rings (SSSR count). The molecule has 0 heterocycles. The minimum absolute atomic E-state index is 0. The van der Waals surface area contributed by atoms with E-state index >= 15 is 0 Å². The molecule has 184 valence electrons. The summed E-state index contributed by atoms with van der Waals surface area (Å²) in [6.45, 7) is 12.9. The molecule has 0 aliphatic rings. The first-order valence-electron chi connectivity index (χ1n) is 12.8. The number of benzene rings is 4. The fourth-order valence-corrected chi connectivity index (χ4v) is 4.80. The minimum atomic E-state index is 0.